The number of hydrogen-bond acceptors (Lipinski definition) is 7. The third kappa shape index (κ3) is 4.61. The lowest BCUT2D eigenvalue weighted by molar-refractivity contribution is -0.125. The molecule has 2 aromatic heterocycles. The average molecular weight is 484 g/mol. The van der Waals surface area contributed by atoms with E-state index in [-0.39, 0.29) is 23.8 Å². The van der Waals surface area contributed by atoms with Crippen LogP contribution in [0.4, 0.5) is 15.9 Å². The first-order chi connectivity index (χ1) is 16.5. The maximum absolute atomic E-state index is 14.8. The first-order valence-electron chi connectivity index (χ1n) is 11.1. The topological polar surface area (TPSA) is 89.5 Å². The van der Waals surface area contributed by atoms with Gasteiger partial charge < -0.3 is 19.7 Å². The lowest BCUT2D eigenvalue weighted by atomic mass is 9.96. The summed E-state index contributed by atoms with van der Waals surface area (Å²) in [6.45, 7) is 4.58. The Morgan fingerprint density at radius 1 is 1.21 bits per heavy atom. The summed E-state index contributed by atoms with van der Waals surface area (Å²) in [5.74, 6) is 0.369. The van der Waals surface area contributed by atoms with E-state index in [0.29, 0.717) is 53.0 Å². The molecule has 0 radical (unpaired) electrons. The van der Waals surface area contributed by atoms with Crippen LogP contribution in [0.25, 0.3) is 11.0 Å². The van der Waals surface area contributed by atoms with Gasteiger partial charge in [-0.05, 0) is 37.5 Å². The first kappa shape index (κ1) is 22.3. The van der Waals surface area contributed by atoms with Crippen molar-refractivity contribution in [2.75, 3.05) is 18.4 Å². The molecule has 2 fully saturated rings. The number of fused-ring (bicyclic) bond motifs is 1. The monoisotopic (exact) mass is 483 g/mol. The standard InChI is InChI=1S/C24H23ClFN5O3/c1-2-22(32)31-9-8-15(12-31)34-21-7-6-18-23(30-21)24(28-13-27-18)29-19-10-16(25)20(11-17(19)26)33-14-4-3-5-14/h2,6-7,10-11,13-15H,1,3-5,8-9,12H2,(H,27,28,29)/t15-/m0/s1. The summed E-state index contributed by atoms with van der Waals surface area (Å²) in [5, 5.41) is 3.28. The molecule has 0 unspecified atom stereocenters. The minimum Gasteiger partial charge on any atom is -0.489 e. The summed E-state index contributed by atoms with van der Waals surface area (Å²) >= 11 is 6.34. The van der Waals surface area contributed by atoms with E-state index in [0.717, 1.165) is 19.3 Å². The minimum absolute atomic E-state index is 0.0889. The highest BCUT2D eigenvalue weighted by Gasteiger charge is 2.27. The van der Waals surface area contributed by atoms with Crippen LogP contribution in [0.2, 0.25) is 5.02 Å². The van der Waals surface area contributed by atoms with Crippen LogP contribution in [0.5, 0.6) is 11.6 Å². The predicted octanol–water partition coefficient (Wildman–Crippen LogP) is 4.66. The van der Waals surface area contributed by atoms with E-state index in [4.69, 9.17) is 21.1 Å². The molecule has 1 aliphatic heterocycles. The second-order valence-corrected chi connectivity index (χ2v) is 8.72. The Hall–Kier alpha value is -3.46. The van der Waals surface area contributed by atoms with Crippen molar-refractivity contribution in [1.29, 1.82) is 0 Å². The number of halogens is 2. The van der Waals surface area contributed by atoms with Gasteiger partial charge in [-0.2, -0.15) is 0 Å². The zero-order valence-corrected chi connectivity index (χ0v) is 19.1. The normalized spacial score (nSPS) is 17.9. The molecule has 1 amide bonds. The fraction of sp³-hybridized carbons (Fsp3) is 0.333. The molecule has 10 heteroatoms. The maximum atomic E-state index is 14.8. The highest BCUT2D eigenvalue weighted by atomic mass is 35.5. The van der Waals surface area contributed by atoms with Crippen LogP contribution >= 0.6 is 11.6 Å². The summed E-state index contributed by atoms with van der Waals surface area (Å²) in [6, 6.07) is 6.22. The van der Waals surface area contributed by atoms with Gasteiger partial charge in [-0.25, -0.2) is 19.3 Å². The number of anilines is 2. The summed E-state index contributed by atoms with van der Waals surface area (Å²) in [7, 11) is 0. The van der Waals surface area contributed by atoms with Crippen molar-refractivity contribution in [3.05, 3.63) is 54.1 Å². The van der Waals surface area contributed by atoms with Gasteiger partial charge in [0, 0.05) is 25.1 Å². The third-order valence-corrected chi connectivity index (χ3v) is 6.29. The van der Waals surface area contributed by atoms with Crippen LogP contribution in [-0.4, -0.2) is 51.1 Å². The van der Waals surface area contributed by atoms with Crippen molar-refractivity contribution >= 4 is 40.0 Å². The molecule has 2 aliphatic rings. The molecule has 1 aliphatic carbocycles. The largest absolute Gasteiger partial charge is 0.489 e. The molecule has 3 heterocycles. The second kappa shape index (κ2) is 9.42. The number of likely N-dealkylation sites (tertiary alicyclic amines) is 1. The number of carbonyl (C=O) groups excluding carboxylic acids is 1. The lowest BCUT2D eigenvalue weighted by Gasteiger charge is -2.27. The average Bonchev–Trinajstić information content (AvgIpc) is 3.27. The van der Waals surface area contributed by atoms with E-state index in [1.807, 2.05) is 0 Å². The molecule has 176 valence electrons. The van der Waals surface area contributed by atoms with E-state index < -0.39 is 5.82 Å². The van der Waals surface area contributed by atoms with Crippen LogP contribution in [0, 0.1) is 5.82 Å². The molecule has 1 saturated heterocycles. The number of amides is 1. The molecule has 1 N–H and O–H groups in total. The van der Waals surface area contributed by atoms with Gasteiger partial charge in [0.25, 0.3) is 0 Å². The molecule has 8 nitrogen and oxygen atoms in total. The van der Waals surface area contributed by atoms with Gasteiger partial charge in [0.2, 0.25) is 11.8 Å². The maximum Gasteiger partial charge on any atom is 0.246 e. The molecule has 0 spiro atoms. The van der Waals surface area contributed by atoms with Gasteiger partial charge in [-0.1, -0.05) is 18.2 Å². The van der Waals surface area contributed by atoms with Crippen LogP contribution in [-0.2, 0) is 4.79 Å². The SMILES string of the molecule is C=CC(=O)N1CC[C@H](Oc2ccc3ncnc(Nc4cc(Cl)c(OC5CCC5)cc4F)c3n2)C1. The van der Waals surface area contributed by atoms with E-state index in [9.17, 15) is 9.18 Å². The van der Waals surface area contributed by atoms with Gasteiger partial charge >= 0.3 is 0 Å². The second-order valence-electron chi connectivity index (χ2n) is 8.31. The van der Waals surface area contributed by atoms with Gasteiger partial charge in [0.15, 0.2) is 5.82 Å². The molecule has 34 heavy (non-hydrogen) atoms. The highest BCUT2D eigenvalue weighted by Crippen LogP contribution is 2.35. The van der Waals surface area contributed by atoms with Crippen molar-refractivity contribution in [1.82, 2.24) is 19.9 Å². The van der Waals surface area contributed by atoms with E-state index in [1.54, 1.807) is 17.0 Å². The Morgan fingerprint density at radius 2 is 2.06 bits per heavy atom. The predicted molar refractivity (Wildman–Crippen MR) is 126 cm³/mol. The van der Waals surface area contributed by atoms with Crippen molar-refractivity contribution in [2.24, 2.45) is 0 Å². The number of carbonyl (C=O) groups is 1. The molecule has 0 bridgehead atoms. The molecule has 1 atom stereocenters. The zero-order chi connectivity index (χ0) is 23.7. The Balaban J connectivity index is 1.36. The number of pyridine rings is 1. The summed E-state index contributed by atoms with van der Waals surface area (Å²) in [5.41, 5.74) is 1.13. The molecular formula is C24H23ClFN5O3. The molecule has 1 saturated carbocycles. The number of benzene rings is 1. The van der Waals surface area contributed by atoms with E-state index >= 15 is 0 Å². The van der Waals surface area contributed by atoms with Crippen molar-refractivity contribution in [2.45, 2.75) is 37.9 Å². The summed E-state index contributed by atoms with van der Waals surface area (Å²) in [6.07, 6.45) is 6.26. The third-order valence-electron chi connectivity index (χ3n) is 6.00. The number of nitrogens with zero attached hydrogens (tertiary/aromatic N) is 4. The number of hydrogen-bond donors (Lipinski definition) is 1. The van der Waals surface area contributed by atoms with Gasteiger partial charge in [-0.3, -0.25) is 4.79 Å². The van der Waals surface area contributed by atoms with Crippen molar-refractivity contribution in [3.63, 3.8) is 0 Å². The number of aromatic nitrogens is 3. The van der Waals surface area contributed by atoms with Crippen molar-refractivity contribution in [3.8, 4) is 11.6 Å². The van der Waals surface area contributed by atoms with Crippen LogP contribution < -0.4 is 14.8 Å². The first-order valence-corrected chi connectivity index (χ1v) is 11.5. The fourth-order valence-electron chi connectivity index (χ4n) is 3.91. The van der Waals surface area contributed by atoms with Crippen LogP contribution in [0.15, 0.2) is 43.2 Å². The molecule has 1 aromatic carbocycles. The zero-order valence-electron chi connectivity index (χ0n) is 18.3. The summed E-state index contributed by atoms with van der Waals surface area (Å²) in [4.78, 5) is 26.5. The number of rotatable bonds is 7. The van der Waals surface area contributed by atoms with Gasteiger partial charge in [0.05, 0.1) is 28.9 Å². The lowest BCUT2D eigenvalue weighted by Crippen LogP contribution is -2.29. The Morgan fingerprint density at radius 3 is 2.82 bits per heavy atom. The van der Waals surface area contributed by atoms with E-state index in [2.05, 4.69) is 26.8 Å². The van der Waals surface area contributed by atoms with Crippen molar-refractivity contribution < 1.29 is 18.7 Å². The molecular weight excluding hydrogens is 461 g/mol. The molecule has 5 rings (SSSR count). The smallest absolute Gasteiger partial charge is 0.246 e. The van der Waals surface area contributed by atoms with Crippen LogP contribution in [0.3, 0.4) is 0 Å². The van der Waals surface area contributed by atoms with Gasteiger partial charge in [-0.15, -0.1) is 0 Å². The minimum atomic E-state index is -0.518. The van der Waals surface area contributed by atoms with Gasteiger partial charge in [0.1, 0.15) is 29.5 Å². The highest BCUT2D eigenvalue weighted by molar-refractivity contribution is 6.32. The Kier molecular flexibility index (Phi) is 6.19. The molecule has 3 aromatic rings. The summed E-state index contributed by atoms with van der Waals surface area (Å²) < 4.78 is 26.6. The fourth-order valence-corrected chi connectivity index (χ4v) is 4.12. The van der Waals surface area contributed by atoms with E-state index in [1.165, 1.54) is 24.5 Å². The Bertz CT molecular complexity index is 1250. The number of nitrogens with one attached hydrogen (secondary N) is 1. The number of ether oxygens (including phenoxy) is 2. The quantitative estimate of drug-likeness (QED) is 0.489. The Labute approximate surface area is 200 Å². The van der Waals surface area contributed by atoms with Crippen LogP contribution in [0.1, 0.15) is 25.7 Å².